The van der Waals surface area contributed by atoms with E-state index in [2.05, 4.69) is 26.0 Å². The van der Waals surface area contributed by atoms with Crippen molar-refractivity contribution in [2.45, 2.75) is 52.2 Å². The second-order valence-corrected chi connectivity index (χ2v) is 8.15. The van der Waals surface area contributed by atoms with Crippen molar-refractivity contribution in [1.29, 1.82) is 0 Å². The van der Waals surface area contributed by atoms with Crippen molar-refractivity contribution >= 4 is 47.4 Å². The van der Waals surface area contributed by atoms with Crippen LogP contribution in [0.2, 0.25) is 0 Å². The van der Waals surface area contributed by atoms with Crippen LogP contribution in [-0.2, 0) is 11.2 Å². The van der Waals surface area contributed by atoms with Gasteiger partial charge in [0, 0.05) is 44.2 Å². The van der Waals surface area contributed by atoms with Gasteiger partial charge in [-0.2, -0.15) is 0 Å². The molecule has 0 bridgehead atoms. The number of amides is 1. The minimum absolute atomic E-state index is 0. The number of hydrogen-bond donors (Lipinski definition) is 2. The second-order valence-electron chi connectivity index (χ2n) is 7.21. The lowest BCUT2D eigenvalue weighted by molar-refractivity contribution is 0.00701. The van der Waals surface area contributed by atoms with Crippen LogP contribution in [0.3, 0.4) is 0 Å². The number of halogens is 1. The first-order valence-corrected chi connectivity index (χ1v) is 9.51. The Balaban J connectivity index is 0.00000338. The number of thiazole rings is 1. The Bertz CT molecular complexity index is 609. The molecule has 0 aromatic carbocycles. The first-order valence-electron chi connectivity index (χ1n) is 8.63. The van der Waals surface area contributed by atoms with Gasteiger partial charge in [0.15, 0.2) is 5.96 Å². The van der Waals surface area contributed by atoms with Gasteiger partial charge >= 0.3 is 6.09 Å². The van der Waals surface area contributed by atoms with Gasteiger partial charge in [-0.15, -0.1) is 35.3 Å². The van der Waals surface area contributed by atoms with Crippen LogP contribution in [-0.4, -0.2) is 60.3 Å². The molecule has 1 amide bonds. The summed E-state index contributed by atoms with van der Waals surface area (Å²) >= 11 is 1.71. The van der Waals surface area contributed by atoms with Crippen LogP contribution in [0.5, 0.6) is 0 Å². The topological polar surface area (TPSA) is 78.9 Å². The molecular weight excluding hydrogens is 465 g/mol. The fourth-order valence-corrected chi connectivity index (χ4v) is 3.22. The van der Waals surface area contributed by atoms with Gasteiger partial charge in [-0.3, -0.25) is 4.99 Å². The molecule has 0 saturated carbocycles. The van der Waals surface area contributed by atoms with E-state index in [-0.39, 0.29) is 36.1 Å². The SMILES string of the molecule is CN=C(NCCCc1nc(C)cs1)NC1CN(C(=O)OC(C)(C)C)C1.I. The van der Waals surface area contributed by atoms with Crippen LogP contribution < -0.4 is 10.6 Å². The summed E-state index contributed by atoms with van der Waals surface area (Å²) in [6, 6.07) is 0.209. The smallest absolute Gasteiger partial charge is 0.410 e. The van der Waals surface area contributed by atoms with Gasteiger partial charge in [0.25, 0.3) is 0 Å². The summed E-state index contributed by atoms with van der Waals surface area (Å²) in [4.78, 5) is 22.3. The Kier molecular flexibility index (Phi) is 9.08. The molecule has 0 atom stereocenters. The molecule has 0 radical (unpaired) electrons. The molecule has 1 fully saturated rings. The highest BCUT2D eigenvalue weighted by Gasteiger charge is 2.34. The summed E-state index contributed by atoms with van der Waals surface area (Å²) in [6.07, 6.45) is 1.72. The van der Waals surface area contributed by atoms with Crippen molar-refractivity contribution in [2.24, 2.45) is 4.99 Å². The number of hydrogen-bond acceptors (Lipinski definition) is 5. The quantitative estimate of drug-likeness (QED) is 0.284. The first kappa shape index (κ1) is 22.9. The highest BCUT2D eigenvalue weighted by molar-refractivity contribution is 14.0. The predicted molar refractivity (Wildman–Crippen MR) is 117 cm³/mol. The molecule has 2 rings (SSSR count). The molecule has 1 aliphatic heterocycles. The minimum atomic E-state index is -0.455. The van der Waals surface area contributed by atoms with Crippen LogP contribution in [0.15, 0.2) is 10.4 Å². The van der Waals surface area contributed by atoms with Gasteiger partial charge < -0.3 is 20.3 Å². The van der Waals surface area contributed by atoms with Crippen LogP contribution in [0.25, 0.3) is 0 Å². The minimum Gasteiger partial charge on any atom is -0.444 e. The number of guanidine groups is 1. The monoisotopic (exact) mass is 495 g/mol. The lowest BCUT2D eigenvalue weighted by Gasteiger charge is -2.40. The van der Waals surface area contributed by atoms with Crippen LogP contribution in [0.4, 0.5) is 4.79 Å². The number of aryl methyl sites for hydroxylation is 2. The molecule has 1 aromatic heterocycles. The summed E-state index contributed by atoms with van der Waals surface area (Å²) in [6.45, 7) is 9.74. The molecule has 7 nitrogen and oxygen atoms in total. The molecule has 1 aromatic rings. The molecule has 0 aliphatic carbocycles. The summed E-state index contributed by atoms with van der Waals surface area (Å²) in [5.74, 6) is 0.768. The van der Waals surface area contributed by atoms with E-state index >= 15 is 0 Å². The maximum atomic E-state index is 11.9. The third-order valence-electron chi connectivity index (χ3n) is 3.62. The van der Waals surface area contributed by atoms with Crippen LogP contribution >= 0.6 is 35.3 Å². The van der Waals surface area contributed by atoms with Crippen molar-refractivity contribution in [3.05, 3.63) is 16.1 Å². The van der Waals surface area contributed by atoms with Crippen LogP contribution in [0, 0.1) is 6.92 Å². The van der Waals surface area contributed by atoms with Crippen molar-refractivity contribution in [2.75, 3.05) is 26.7 Å². The van der Waals surface area contributed by atoms with E-state index in [4.69, 9.17) is 4.74 Å². The lowest BCUT2D eigenvalue weighted by Crippen LogP contribution is -2.63. The van der Waals surface area contributed by atoms with Crippen molar-refractivity contribution in [3.8, 4) is 0 Å². The third kappa shape index (κ3) is 7.65. The van der Waals surface area contributed by atoms with Crippen molar-refractivity contribution in [3.63, 3.8) is 0 Å². The Labute approximate surface area is 177 Å². The number of aliphatic imine (C=N–C) groups is 1. The molecule has 0 unspecified atom stereocenters. The van der Waals surface area contributed by atoms with Crippen LogP contribution in [0.1, 0.15) is 37.9 Å². The van der Waals surface area contributed by atoms with Gasteiger partial charge in [-0.05, 0) is 34.1 Å². The zero-order chi connectivity index (χ0) is 18.4. The first-order chi connectivity index (χ1) is 11.8. The molecule has 1 saturated heterocycles. The van der Waals surface area contributed by atoms with Gasteiger partial charge in [-0.25, -0.2) is 9.78 Å². The number of nitrogens with one attached hydrogen (secondary N) is 2. The highest BCUT2D eigenvalue weighted by Crippen LogP contribution is 2.15. The summed E-state index contributed by atoms with van der Waals surface area (Å²) in [5.41, 5.74) is 0.633. The van der Waals surface area contributed by atoms with Gasteiger partial charge in [0.2, 0.25) is 0 Å². The lowest BCUT2D eigenvalue weighted by atomic mass is 10.1. The maximum Gasteiger partial charge on any atom is 0.410 e. The molecule has 0 spiro atoms. The largest absolute Gasteiger partial charge is 0.444 e. The fraction of sp³-hybridized carbons (Fsp3) is 0.706. The van der Waals surface area contributed by atoms with E-state index in [1.54, 1.807) is 23.3 Å². The number of carbonyl (C=O) groups excluding carboxylic acids is 1. The Morgan fingerprint density at radius 3 is 2.69 bits per heavy atom. The Hall–Kier alpha value is -1.10. The number of rotatable bonds is 5. The molecular formula is C17H30IN5O2S. The predicted octanol–water partition coefficient (Wildman–Crippen LogP) is 2.79. The van der Waals surface area contributed by atoms with E-state index in [0.717, 1.165) is 31.0 Å². The van der Waals surface area contributed by atoms with Gasteiger partial charge in [-0.1, -0.05) is 0 Å². The molecule has 2 heterocycles. The standard InChI is InChI=1S/C17H29N5O2S.HI/c1-12-11-25-14(20-12)7-6-8-19-15(18-5)21-13-9-22(10-13)16(23)24-17(2,3)4;/h11,13H,6-10H2,1-5H3,(H2,18,19,21);1H. The van der Waals surface area contributed by atoms with Gasteiger partial charge in [0.1, 0.15) is 5.60 Å². The molecule has 2 N–H and O–H groups in total. The summed E-state index contributed by atoms with van der Waals surface area (Å²) in [7, 11) is 1.75. The second kappa shape index (κ2) is 10.3. The Morgan fingerprint density at radius 2 is 2.15 bits per heavy atom. The molecule has 9 heteroatoms. The zero-order valence-electron chi connectivity index (χ0n) is 16.2. The summed E-state index contributed by atoms with van der Waals surface area (Å²) in [5, 5.41) is 9.89. The van der Waals surface area contributed by atoms with E-state index in [1.165, 1.54) is 5.01 Å². The van der Waals surface area contributed by atoms with Crippen molar-refractivity contribution in [1.82, 2.24) is 20.5 Å². The maximum absolute atomic E-state index is 11.9. The van der Waals surface area contributed by atoms with E-state index in [1.807, 2.05) is 27.7 Å². The molecule has 148 valence electrons. The fourth-order valence-electron chi connectivity index (χ4n) is 2.40. The summed E-state index contributed by atoms with van der Waals surface area (Å²) < 4.78 is 5.35. The van der Waals surface area contributed by atoms with E-state index in [0.29, 0.717) is 13.1 Å². The van der Waals surface area contributed by atoms with E-state index < -0.39 is 5.60 Å². The number of aromatic nitrogens is 1. The van der Waals surface area contributed by atoms with Gasteiger partial charge in [0.05, 0.1) is 11.0 Å². The molecule has 26 heavy (non-hydrogen) atoms. The van der Waals surface area contributed by atoms with E-state index in [9.17, 15) is 4.79 Å². The average Bonchev–Trinajstić information content (AvgIpc) is 2.88. The highest BCUT2D eigenvalue weighted by atomic mass is 127. The zero-order valence-corrected chi connectivity index (χ0v) is 19.3. The Morgan fingerprint density at radius 1 is 1.46 bits per heavy atom. The molecule has 1 aliphatic rings. The van der Waals surface area contributed by atoms with Crippen molar-refractivity contribution < 1.29 is 9.53 Å². The number of nitrogens with zero attached hydrogens (tertiary/aromatic N) is 3. The normalized spacial score (nSPS) is 15.1. The third-order valence-corrected chi connectivity index (χ3v) is 4.65. The number of ether oxygens (including phenoxy) is 1. The number of carbonyl (C=O) groups is 1. The number of likely N-dealkylation sites (tertiary alicyclic amines) is 1. The average molecular weight is 495 g/mol.